The Bertz CT molecular complexity index is 928. The van der Waals surface area contributed by atoms with Crippen LogP contribution in [-0.4, -0.2) is 30.8 Å². The van der Waals surface area contributed by atoms with Gasteiger partial charge in [-0.2, -0.15) is 0 Å². The Morgan fingerprint density at radius 1 is 1.14 bits per heavy atom. The van der Waals surface area contributed by atoms with Crippen LogP contribution in [0.15, 0.2) is 41.4 Å². The molecule has 0 aliphatic rings. The van der Waals surface area contributed by atoms with Gasteiger partial charge in [0.15, 0.2) is 11.6 Å². The number of nitrogens with two attached hydrogens (primary N) is 1. The summed E-state index contributed by atoms with van der Waals surface area (Å²) in [6, 6.07) is 6.52. The number of alkyl halides is 3. The summed E-state index contributed by atoms with van der Waals surface area (Å²) in [5, 5.41) is 7.74. The molecule has 2 rings (SSSR count). The predicted octanol–water partition coefficient (Wildman–Crippen LogP) is 4.15. The average Bonchev–Trinajstić information content (AvgIpc) is 2.61. The number of hydrogen-bond acceptors (Lipinski definition) is 5. The summed E-state index contributed by atoms with van der Waals surface area (Å²) in [5.74, 6) is -4.52. The third-order valence-electron chi connectivity index (χ3n) is 3.35. The molecule has 0 heterocycles. The second-order valence-corrected chi connectivity index (χ2v) is 5.55. The molecule has 11 heteroatoms. The molecule has 2 aromatic carbocycles. The van der Waals surface area contributed by atoms with Crippen molar-refractivity contribution in [2.24, 2.45) is 10.7 Å². The molecule has 0 atom stereocenters. The van der Waals surface area contributed by atoms with Crippen molar-refractivity contribution >= 4 is 23.5 Å². The summed E-state index contributed by atoms with van der Waals surface area (Å²) in [7, 11) is 0. The van der Waals surface area contributed by atoms with Gasteiger partial charge in [0.25, 0.3) is 5.91 Å². The molecule has 0 unspecified atom stereocenters. The quantitative estimate of drug-likeness (QED) is 0.501. The molecule has 0 saturated heterocycles. The van der Waals surface area contributed by atoms with Crippen LogP contribution in [0.3, 0.4) is 0 Å². The molecular weight excluding hydrogens is 401 g/mol. The Kier molecular flexibility index (Phi) is 6.86. The molecule has 29 heavy (non-hydrogen) atoms. The number of nitrogens with zero attached hydrogens (tertiary/aromatic N) is 1. The number of amides is 1. The number of benzene rings is 2. The fraction of sp³-hybridized carbons (Fsp3) is 0.167. The van der Waals surface area contributed by atoms with Gasteiger partial charge in [0, 0.05) is 12.6 Å². The van der Waals surface area contributed by atoms with Gasteiger partial charge in [-0.05, 0) is 36.4 Å². The normalized spacial score (nSPS) is 11.5. The Morgan fingerprint density at radius 2 is 1.79 bits per heavy atom. The van der Waals surface area contributed by atoms with E-state index in [0.29, 0.717) is 5.69 Å². The van der Waals surface area contributed by atoms with Gasteiger partial charge >= 0.3 is 6.36 Å². The van der Waals surface area contributed by atoms with Crippen LogP contribution in [0, 0.1) is 17.0 Å². The predicted molar refractivity (Wildman–Crippen MR) is 94.0 cm³/mol. The maximum Gasteiger partial charge on any atom is 0.573 e. The number of rotatable bonds is 8. The summed E-state index contributed by atoms with van der Waals surface area (Å²) in [5.41, 5.74) is 4.26. The van der Waals surface area contributed by atoms with Crippen molar-refractivity contribution in [3.63, 3.8) is 0 Å². The Labute approximate surface area is 161 Å². The standard InChI is InChI=1S/C18H14F5N3O3/c19-13-5-6-14(16(20)15(13)17(25)27)28-9-10(24)7-8-26-11-1-3-12(4-2-11)29-18(21,22)23/h1-6,8,24H,7,9H2,(H2,25,27). The third-order valence-corrected chi connectivity index (χ3v) is 3.35. The molecule has 0 saturated carbocycles. The van der Waals surface area contributed by atoms with Gasteiger partial charge in [-0.3, -0.25) is 9.79 Å². The zero-order valence-corrected chi connectivity index (χ0v) is 14.6. The second kappa shape index (κ2) is 9.13. The van der Waals surface area contributed by atoms with Crippen molar-refractivity contribution in [3.8, 4) is 11.5 Å². The van der Waals surface area contributed by atoms with E-state index in [1.165, 1.54) is 18.3 Å². The molecule has 0 spiro atoms. The number of primary amides is 1. The average molecular weight is 415 g/mol. The van der Waals surface area contributed by atoms with Crippen molar-refractivity contribution in [1.82, 2.24) is 0 Å². The van der Waals surface area contributed by atoms with Crippen LogP contribution >= 0.6 is 0 Å². The van der Waals surface area contributed by atoms with E-state index in [-0.39, 0.29) is 18.7 Å². The lowest BCUT2D eigenvalue weighted by atomic mass is 10.1. The van der Waals surface area contributed by atoms with Gasteiger partial charge < -0.3 is 20.6 Å². The zero-order valence-electron chi connectivity index (χ0n) is 14.6. The smallest absolute Gasteiger partial charge is 0.485 e. The molecule has 0 aliphatic heterocycles. The van der Waals surface area contributed by atoms with Crippen molar-refractivity contribution in [2.75, 3.05) is 6.61 Å². The van der Waals surface area contributed by atoms with Gasteiger partial charge in [-0.25, -0.2) is 8.78 Å². The summed E-state index contributed by atoms with van der Waals surface area (Å²) in [6.45, 7) is -0.370. The molecule has 6 nitrogen and oxygen atoms in total. The van der Waals surface area contributed by atoms with Crippen molar-refractivity contribution < 1.29 is 36.2 Å². The Morgan fingerprint density at radius 3 is 2.38 bits per heavy atom. The van der Waals surface area contributed by atoms with E-state index in [1.807, 2.05) is 0 Å². The number of halogens is 5. The van der Waals surface area contributed by atoms with E-state index in [9.17, 15) is 26.7 Å². The lowest BCUT2D eigenvalue weighted by molar-refractivity contribution is -0.274. The maximum absolute atomic E-state index is 14.0. The van der Waals surface area contributed by atoms with Crippen molar-refractivity contribution in [3.05, 3.63) is 53.6 Å². The van der Waals surface area contributed by atoms with E-state index in [1.54, 1.807) is 0 Å². The van der Waals surface area contributed by atoms with Crippen LogP contribution in [-0.2, 0) is 0 Å². The largest absolute Gasteiger partial charge is 0.573 e. The zero-order chi connectivity index (χ0) is 21.6. The third kappa shape index (κ3) is 6.55. The molecule has 0 aromatic heterocycles. The molecule has 2 aromatic rings. The van der Waals surface area contributed by atoms with Crippen LogP contribution in [0.2, 0.25) is 0 Å². The monoisotopic (exact) mass is 415 g/mol. The first-order valence-electron chi connectivity index (χ1n) is 7.92. The van der Waals surface area contributed by atoms with E-state index < -0.39 is 41.0 Å². The Hall–Kier alpha value is -3.50. The molecule has 0 aliphatic carbocycles. The summed E-state index contributed by atoms with van der Waals surface area (Å²) < 4.78 is 72.4. The van der Waals surface area contributed by atoms with Crippen LogP contribution in [0.25, 0.3) is 0 Å². The SMILES string of the molecule is N=C(CC=Nc1ccc(OC(F)(F)F)cc1)COc1ccc(F)c(C(N)=O)c1F. The lowest BCUT2D eigenvalue weighted by Crippen LogP contribution is -2.17. The molecule has 3 N–H and O–H groups in total. The fourth-order valence-electron chi connectivity index (χ4n) is 2.09. The summed E-state index contributed by atoms with van der Waals surface area (Å²) in [6.07, 6.45) is -3.49. The van der Waals surface area contributed by atoms with E-state index >= 15 is 0 Å². The number of ether oxygens (including phenoxy) is 2. The molecule has 0 fully saturated rings. The molecule has 154 valence electrons. The van der Waals surface area contributed by atoms with Gasteiger partial charge in [-0.15, -0.1) is 13.2 Å². The minimum absolute atomic E-state index is 0.00765. The van der Waals surface area contributed by atoms with Crippen LogP contribution < -0.4 is 15.2 Å². The van der Waals surface area contributed by atoms with Gasteiger partial charge in [0.1, 0.15) is 23.7 Å². The maximum atomic E-state index is 14.0. The van der Waals surface area contributed by atoms with E-state index in [2.05, 4.69) is 9.73 Å². The first-order valence-corrected chi connectivity index (χ1v) is 7.92. The Balaban J connectivity index is 1.89. The van der Waals surface area contributed by atoms with E-state index in [0.717, 1.165) is 24.3 Å². The van der Waals surface area contributed by atoms with Gasteiger partial charge in [-0.1, -0.05) is 0 Å². The summed E-state index contributed by atoms with van der Waals surface area (Å²) in [4.78, 5) is 15.0. The minimum atomic E-state index is -4.79. The first-order chi connectivity index (χ1) is 13.6. The molecule has 1 amide bonds. The number of carbonyl (C=O) groups is 1. The highest BCUT2D eigenvalue weighted by Crippen LogP contribution is 2.25. The highest BCUT2D eigenvalue weighted by Gasteiger charge is 2.30. The molecule has 0 bridgehead atoms. The first kappa shape index (κ1) is 21.8. The molecular formula is C18H14F5N3O3. The van der Waals surface area contributed by atoms with Crippen LogP contribution in [0.1, 0.15) is 16.8 Å². The number of hydrogen-bond donors (Lipinski definition) is 2. The topological polar surface area (TPSA) is 97.8 Å². The fourth-order valence-corrected chi connectivity index (χ4v) is 2.09. The highest BCUT2D eigenvalue weighted by molar-refractivity contribution is 5.95. The van der Waals surface area contributed by atoms with Crippen LogP contribution in [0.5, 0.6) is 11.5 Å². The van der Waals surface area contributed by atoms with Crippen LogP contribution in [0.4, 0.5) is 27.6 Å². The highest BCUT2D eigenvalue weighted by atomic mass is 19.4. The van der Waals surface area contributed by atoms with Gasteiger partial charge in [0.2, 0.25) is 0 Å². The number of aliphatic imine (C=N–C) groups is 1. The second-order valence-electron chi connectivity index (χ2n) is 5.55. The van der Waals surface area contributed by atoms with Gasteiger partial charge in [0.05, 0.1) is 11.4 Å². The van der Waals surface area contributed by atoms with Crippen molar-refractivity contribution in [2.45, 2.75) is 12.8 Å². The minimum Gasteiger partial charge on any atom is -0.485 e. The molecule has 0 radical (unpaired) electrons. The summed E-state index contributed by atoms with van der Waals surface area (Å²) >= 11 is 0. The van der Waals surface area contributed by atoms with Crippen molar-refractivity contribution in [1.29, 1.82) is 5.41 Å². The lowest BCUT2D eigenvalue weighted by Gasteiger charge is -2.09. The number of carbonyl (C=O) groups excluding carboxylic acids is 1. The number of nitrogens with one attached hydrogen (secondary N) is 1. The van der Waals surface area contributed by atoms with E-state index in [4.69, 9.17) is 15.9 Å².